The molecule has 0 aliphatic rings. The van der Waals surface area contributed by atoms with Gasteiger partial charge in [-0.05, 0) is 117 Å². The van der Waals surface area contributed by atoms with Gasteiger partial charge in [-0.1, -0.05) is 211 Å². The van der Waals surface area contributed by atoms with Gasteiger partial charge in [0.25, 0.3) is 0 Å². The molecule has 0 unspecified atom stereocenters. The Hall–Kier alpha value is -9.38. The first-order chi connectivity index (χ1) is 38.9. The van der Waals surface area contributed by atoms with Gasteiger partial charge >= 0.3 is 0 Å². The molecule has 0 saturated carbocycles. The number of fused-ring (bicyclic) bond motifs is 12. The van der Waals surface area contributed by atoms with Crippen LogP contribution in [0, 0.1) is 0 Å². The summed E-state index contributed by atoms with van der Waals surface area (Å²) in [4.78, 5) is 4.77. The van der Waals surface area contributed by atoms with E-state index in [1.165, 1.54) is 22.3 Å². The standard InChI is InChI=1S/C74H58N4/c1-73(2,3)61-31-19-29-57-67-63(75(51-25-15-9-16-26-51)53-37-33-49(34-38-53)47-21-11-7-12-22-47)43-41-55-59-46-66-60(45-65(59)77(69(57)61)71(55)67)56-42-44-64(68-58-30-20-32-62(74(4,5)6)70(58)78(66)72(56)68)76(52-27-17-10-18-28-52)54-39-35-50(36-40-54)48-23-13-8-14-24-48/h7-46H,1-6H3/i45D,46D. The Morgan fingerprint density at radius 3 is 0.987 bits per heavy atom. The molecule has 0 fully saturated rings. The summed E-state index contributed by atoms with van der Waals surface area (Å²) in [5.41, 5.74) is 18.6. The first-order valence-electron chi connectivity index (χ1n) is 28.3. The van der Waals surface area contributed by atoms with Gasteiger partial charge in [0.1, 0.15) is 0 Å². The fourth-order valence-electron chi connectivity index (χ4n) is 12.9. The summed E-state index contributed by atoms with van der Waals surface area (Å²) >= 11 is 0. The first-order valence-corrected chi connectivity index (χ1v) is 27.3. The van der Waals surface area contributed by atoms with Crippen LogP contribution in [0.25, 0.3) is 98.4 Å². The van der Waals surface area contributed by atoms with Gasteiger partial charge in [-0.15, -0.1) is 0 Å². The number of nitrogens with zero attached hydrogens (tertiary/aromatic N) is 4. The van der Waals surface area contributed by atoms with Crippen molar-refractivity contribution in [3.8, 4) is 22.3 Å². The number of hydrogen-bond acceptors (Lipinski definition) is 2. The summed E-state index contributed by atoms with van der Waals surface area (Å²) < 4.78 is 26.6. The Morgan fingerprint density at radius 2 is 0.628 bits per heavy atom. The minimum absolute atomic E-state index is 0.249. The Labute approximate surface area is 457 Å². The van der Waals surface area contributed by atoms with E-state index in [4.69, 9.17) is 0 Å². The van der Waals surface area contributed by atoms with Crippen LogP contribution in [0.15, 0.2) is 243 Å². The Morgan fingerprint density at radius 1 is 0.295 bits per heavy atom. The lowest BCUT2D eigenvalue weighted by Gasteiger charge is -2.27. The molecule has 0 atom stereocenters. The van der Waals surface area contributed by atoms with Gasteiger partial charge in [-0.25, -0.2) is 0 Å². The highest BCUT2D eigenvalue weighted by Gasteiger charge is 2.31. The molecule has 0 aliphatic carbocycles. The smallest absolute Gasteiger partial charge is 0.0653 e. The average Bonchev–Trinajstić information content (AvgIpc) is 4.41. The first kappa shape index (κ1) is 43.8. The average molecular weight is 1010 g/mol. The summed E-state index contributed by atoms with van der Waals surface area (Å²) in [5.74, 6) is 0. The molecular formula is C74H58N4. The maximum absolute atomic E-state index is 10.9. The van der Waals surface area contributed by atoms with Gasteiger partial charge in [0.15, 0.2) is 0 Å². The predicted molar refractivity (Wildman–Crippen MR) is 333 cm³/mol. The van der Waals surface area contributed by atoms with Crippen LogP contribution in [0.4, 0.5) is 34.1 Å². The lowest BCUT2D eigenvalue weighted by atomic mass is 9.85. The van der Waals surface area contributed by atoms with E-state index in [9.17, 15) is 2.74 Å². The van der Waals surface area contributed by atoms with Crippen LogP contribution in [0.2, 0.25) is 0 Å². The molecule has 0 saturated heterocycles. The van der Waals surface area contributed by atoms with Crippen molar-refractivity contribution in [3.63, 3.8) is 0 Å². The summed E-state index contributed by atoms with van der Waals surface area (Å²) in [6, 6.07) is 83.6. The number of rotatable bonds is 8. The van der Waals surface area contributed by atoms with E-state index >= 15 is 0 Å². The Kier molecular flexibility index (Phi) is 9.59. The number of anilines is 6. The molecule has 4 nitrogen and oxygen atoms in total. The molecule has 0 spiro atoms. The molecule has 4 aromatic heterocycles. The van der Waals surface area contributed by atoms with Crippen molar-refractivity contribution in [2.75, 3.05) is 9.80 Å². The molecule has 4 heteroatoms. The van der Waals surface area contributed by atoms with Crippen molar-refractivity contribution >= 4 is 110 Å². The second-order valence-electron chi connectivity index (χ2n) is 23.2. The SMILES string of the molecule is [2H]c1c2c3ccc(N(c4ccccc4)c4ccc(-c5ccccc5)cc4)c4c5cccc(C(C)(C)C)c5n(c2c([2H])c2c5ccc(N(c6ccccc6)c6ccc(-c7ccccc7)cc6)c6c7cccc(C(C)(C)C)c7n(c12)c56)c34. The molecule has 15 rings (SSSR count). The third-order valence-electron chi connectivity index (χ3n) is 16.4. The zero-order chi connectivity index (χ0) is 54.3. The number of aromatic nitrogens is 2. The lowest BCUT2D eigenvalue weighted by Crippen LogP contribution is -2.12. The van der Waals surface area contributed by atoms with E-state index in [0.29, 0.717) is 12.1 Å². The van der Waals surface area contributed by atoms with Crippen LogP contribution in [0.3, 0.4) is 0 Å². The molecule has 0 amide bonds. The number of benzene rings is 11. The molecule has 0 aliphatic heterocycles. The normalized spacial score (nSPS) is 12.8. The predicted octanol–water partition coefficient (Wildman–Crippen LogP) is 20.9. The molecule has 374 valence electrons. The Bertz CT molecular complexity index is 4560. The van der Waals surface area contributed by atoms with E-state index in [0.717, 1.165) is 121 Å². The van der Waals surface area contributed by atoms with E-state index in [-0.39, 0.29) is 10.8 Å². The highest BCUT2D eigenvalue weighted by Crippen LogP contribution is 2.53. The molecule has 4 heterocycles. The monoisotopic (exact) mass is 1000 g/mol. The van der Waals surface area contributed by atoms with Gasteiger partial charge in [-0.3, -0.25) is 0 Å². The minimum Gasteiger partial charge on any atom is -0.310 e. The summed E-state index contributed by atoms with van der Waals surface area (Å²) in [6.45, 7) is 13.7. The van der Waals surface area contributed by atoms with Gasteiger partial charge in [0.05, 0.1) is 47.2 Å². The van der Waals surface area contributed by atoms with E-state index in [2.05, 4.69) is 291 Å². The van der Waals surface area contributed by atoms with Crippen LogP contribution in [0.1, 0.15) is 55.4 Å². The van der Waals surface area contributed by atoms with Crippen molar-refractivity contribution in [1.82, 2.24) is 8.80 Å². The van der Waals surface area contributed by atoms with Crippen molar-refractivity contribution < 1.29 is 2.74 Å². The van der Waals surface area contributed by atoms with E-state index in [1.54, 1.807) is 0 Å². The lowest BCUT2D eigenvalue weighted by molar-refractivity contribution is 0.594. The molecule has 78 heavy (non-hydrogen) atoms. The third-order valence-corrected chi connectivity index (χ3v) is 16.4. The van der Waals surface area contributed by atoms with Gasteiger partial charge < -0.3 is 18.6 Å². The minimum atomic E-state index is -0.249. The summed E-state index contributed by atoms with van der Waals surface area (Å²) in [7, 11) is 0. The molecule has 11 aromatic carbocycles. The fourth-order valence-corrected chi connectivity index (χ4v) is 12.9. The van der Waals surface area contributed by atoms with E-state index in [1.807, 2.05) is 0 Å². The van der Waals surface area contributed by atoms with Crippen molar-refractivity contribution in [2.24, 2.45) is 0 Å². The van der Waals surface area contributed by atoms with Gasteiger partial charge in [0, 0.05) is 65.8 Å². The number of hydrogen-bond donors (Lipinski definition) is 0. The summed E-state index contributed by atoms with van der Waals surface area (Å²) in [5, 5.41) is 7.98. The molecule has 0 N–H and O–H groups in total. The highest BCUT2D eigenvalue weighted by molar-refractivity contribution is 6.32. The zero-order valence-electron chi connectivity index (χ0n) is 46.7. The van der Waals surface area contributed by atoms with Crippen molar-refractivity contribution in [3.05, 3.63) is 254 Å². The zero-order valence-corrected chi connectivity index (χ0v) is 44.7. The van der Waals surface area contributed by atoms with Crippen LogP contribution in [-0.2, 0) is 10.8 Å². The molecule has 15 aromatic rings. The Balaban J connectivity index is 1.06. The van der Waals surface area contributed by atoms with Gasteiger partial charge in [-0.2, -0.15) is 0 Å². The maximum Gasteiger partial charge on any atom is 0.0653 e. The van der Waals surface area contributed by atoms with Crippen LogP contribution in [-0.4, -0.2) is 8.80 Å². The maximum atomic E-state index is 10.9. The van der Waals surface area contributed by atoms with Crippen LogP contribution < -0.4 is 9.80 Å². The van der Waals surface area contributed by atoms with Gasteiger partial charge in [0.2, 0.25) is 0 Å². The van der Waals surface area contributed by atoms with Crippen molar-refractivity contribution in [1.29, 1.82) is 0 Å². The third kappa shape index (κ3) is 6.85. The largest absolute Gasteiger partial charge is 0.310 e. The second-order valence-corrected chi connectivity index (χ2v) is 23.2. The topological polar surface area (TPSA) is 15.3 Å². The summed E-state index contributed by atoms with van der Waals surface area (Å²) in [6.07, 6.45) is 0. The second kappa shape index (κ2) is 17.1. The van der Waals surface area contributed by atoms with Crippen LogP contribution in [0.5, 0.6) is 0 Å². The quantitative estimate of drug-likeness (QED) is 0.151. The molecular weight excluding hydrogens is 945 g/mol. The molecule has 0 radical (unpaired) electrons. The molecule has 0 bridgehead atoms. The number of para-hydroxylation sites is 4. The van der Waals surface area contributed by atoms with Crippen molar-refractivity contribution in [2.45, 2.75) is 52.4 Å². The fraction of sp³-hybridized carbons (Fsp3) is 0.108. The highest BCUT2D eigenvalue weighted by atomic mass is 15.2. The van der Waals surface area contributed by atoms with E-state index < -0.39 is 0 Å². The van der Waals surface area contributed by atoms with Crippen LogP contribution >= 0.6 is 0 Å².